The minimum atomic E-state index is -3.08. The van der Waals surface area contributed by atoms with Gasteiger partial charge in [0, 0.05) is 57.9 Å². The molecule has 0 radical (unpaired) electrons. The first kappa shape index (κ1) is 82.5. The number of hydrogen-bond acceptors (Lipinski definition) is 29. The lowest BCUT2D eigenvalue weighted by Gasteiger charge is -2.42. The summed E-state index contributed by atoms with van der Waals surface area (Å²) in [6.45, 7) is 1.14. The fourth-order valence-electron chi connectivity index (χ4n) is 10.4. The molecule has 3 aliphatic heterocycles. The average Bonchev–Trinajstić information content (AvgIpc) is 0.828. The molecule has 19 atom stereocenters. The zero-order valence-corrected chi connectivity index (χ0v) is 55.3. The molecule has 38 heteroatoms. The first-order valence-electron chi connectivity index (χ1n) is 31.5. The van der Waals surface area contributed by atoms with Crippen LogP contribution in [0.2, 0.25) is 0 Å². The summed E-state index contributed by atoms with van der Waals surface area (Å²) in [4.78, 5) is 103. The molecule has 4 rings (SSSR count). The number of carbonyl (C=O) groups excluding carboxylic acids is 7. The van der Waals surface area contributed by atoms with E-state index in [2.05, 4.69) is 42.5 Å². The lowest BCUT2D eigenvalue weighted by atomic mass is 9.86. The SMILES string of the molecule is CC(=O)NC1C(OCCOCCNC(=O)CCC(NC(=O)CCC(NC(=O)C2CCC(OP(O)(=S)C(C)C)CC2)C(=O)NCCOCCOC2OC(CO)C(O)C(O)C2NC(C)=O)C(=O)NCCOCCOC2OC(CO)C(O)C(O)C2NC(C)O)OC(CO)C(O)C1O. The van der Waals surface area contributed by atoms with Gasteiger partial charge in [-0.05, 0) is 57.3 Å². The van der Waals surface area contributed by atoms with Crippen molar-refractivity contribution in [3.05, 3.63) is 0 Å². The first-order chi connectivity index (χ1) is 44.6. The minimum absolute atomic E-state index is 0.0194. The van der Waals surface area contributed by atoms with E-state index in [9.17, 15) is 89.5 Å². The van der Waals surface area contributed by atoms with E-state index >= 15 is 0 Å². The number of rotatable bonds is 42. The van der Waals surface area contributed by atoms with Crippen LogP contribution in [0.3, 0.4) is 0 Å². The van der Waals surface area contributed by atoms with E-state index in [1.54, 1.807) is 13.8 Å². The van der Waals surface area contributed by atoms with E-state index in [4.69, 9.17) is 59.0 Å². The highest BCUT2D eigenvalue weighted by atomic mass is 32.5. The topological polar surface area (TPSA) is 531 Å². The van der Waals surface area contributed by atoms with Crippen LogP contribution in [0.1, 0.15) is 86.0 Å². The second-order valence-corrected chi connectivity index (χ2v) is 27.3. The third-order valence-electron chi connectivity index (χ3n) is 15.6. The van der Waals surface area contributed by atoms with Crippen LogP contribution in [-0.2, 0) is 92.5 Å². The molecule has 0 aromatic heterocycles. The molecule has 3 saturated heterocycles. The van der Waals surface area contributed by atoms with Gasteiger partial charge in [0.1, 0.15) is 85.3 Å². The van der Waals surface area contributed by atoms with Crippen molar-refractivity contribution in [1.29, 1.82) is 0 Å². The molecule has 19 N–H and O–H groups in total. The highest BCUT2D eigenvalue weighted by Crippen LogP contribution is 2.50. The van der Waals surface area contributed by atoms with Crippen LogP contribution in [0.4, 0.5) is 0 Å². The third-order valence-corrected chi connectivity index (χ3v) is 19.0. The fourth-order valence-corrected chi connectivity index (χ4v) is 11.6. The normalized spacial score (nSPS) is 30.4. The van der Waals surface area contributed by atoms with Gasteiger partial charge in [0.05, 0.1) is 91.4 Å². The molecular formula is C56H101N8O28PS. The molecule has 7 amide bonds. The van der Waals surface area contributed by atoms with Gasteiger partial charge in [0.25, 0.3) is 0 Å². The van der Waals surface area contributed by atoms with Crippen molar-refractivity contribution in [2.45, 2.75) is 208 Å². The quantitative estimate of drug-likeness (QED) is 0.0153. The predicted molar refractivity (Wildman–Crippen MR) is 327 cm³/mol. The molecule has 94 heavy (non-hydrogen) atoms. The van der Waals surface area contributed by atoms with E-state index in [0.29, 0.717) is 25.7 Å². The Labute approximate surface area is 549 Å². The number of carbonyl (C=O) groups is 7. The van der Waals surface area contributed by atoms with Crippen molar-refractivity contribution in [3.63, 3.8) is 0 Å². The Hall–Kier alpha value is -3.94. The van der Waals surface area contributed by atoms with E-state index in [0.717, 1.165) is 0 Å². The van der Waals surface area contributed by atoms with Crippen molar-refractivity contribution in [2.24, 2.45) is 5.92 Å². The Morgan fingerprint density at radius 3 is 1.30 bits per heavy atom. The highest BCUT2D eigenvalue weighted by molar-refractivity contribution is 8.09. The number of aliphatic hydroxyl groups excluding tert-OH is 10. The molecule has 36 nitrogen and oxygen atoms in total. The zero-order valence-electron chi connectivity index (χ0n) is 53.6. The Morgan fingerprint density at radius 1 is 0.521 bits per heavy atom. The molecule has 3 heterocycles. The predicted octanol–water partition coefficient (Wildman–Crippen LogP) is -8.13. The first-order valence-corrected chi connectivity index (χ1v) is 34.2. The molecule has 19 unspecified atom stereocenters. The van der Waals surface area contributed by atoms with Crippen molar-refractivity contribution in [3.8, 4) is 0 Å². The van der Waals surface area contributed by atoms with Crippen molar-refractivity contribution >= 4 is 59.6 Å². The van der Waals surface area contributed by atoms with Crippen molar-refractivity contribution in [2.75, 3.05) is 98.9 Å². The number of hydrogen-bond donors (Lipinski definition) is 19. The summed E-state index contributed by atoms with van der Waals surface area (Å²) in [5, 5.41) is 122. The number of ether oxygens (including phenoxy) is 9. The minimum Gasteiger partial charge on any atom is -0.394 e. The van der Waals surface area contributed by atoms with E-state index in [1.807, 2.05) is 0 Å². The Bertz CT molecular complexity index is 2360. The van der Waals surface area contributed by atoms with Crippen LogP contribution in [-0.4, -0.2) is 318 Å². The summed E-state index contributed by atoms with van der Waals surface area (Å²) in [7, 11) is 0. The molecule has 1 saturated carbocycles. The van der Waals surface area contributed by atoms with Crippen LogP contribution < -0.4 is 42.5 Å². The summed E-state index contributed by atoms with van der Waals surface area (Å²) >= 11 is 5.32. The van der Waals surface area contributed by atoms with Crippen LogP contribution >= 0.6 is 6.49 Å². The maximum absolute atomic E-state index is 13.9. The molecule has 4 fully saturated rings. The molecule has 0 bridgehead atoms. The summed E-state index contributed by atoms with van der Waals surface area (Å²) in [6.07, 6.45) is -17.7. The second kappa shape index (κ2) is 42.8. The van der Waals surface area contributed by atoms with Crippen molar-refractivity contribution in [1.82, 2.24) is 42.5 Å². The van der Waals surface area contributed by atoms with Gasteiger partial charge < -0.3 is 140 Å². The van der Waals surface area contributed by atoms with Gasteiger partial charge in [-0.3, -0.25) is 38.9 Å². The van der Waals surface area contributed by atoms with Gasteiger partial charge in [-0.15, -0.1) is 0 Å². The Balaban J connectivity index is 1.36. The smallest absolute Gasteiger partial charge is 0.242 e. The van der Waals surface area contributed by atoms with Crippen LogP contribution in [0, 0.1) is 5.92 Å². The molecule has 0 aromatic rings. The van der Waals surface area contributed by atoms with E-state index < -0.39 is 190 Å². The van der Waals surface area contributed by atoms with Gasteiger partial charge in [-0.25, -0.2) is 0 Å². The van der Waals surface area contributed by atoms with E-state index in [1.165, 1.54) is 20.8 Å². The standard InChI is InChI=1S/C56H101N8O28PS/c1-29(2)93(82,94)92-34-8-6-33(7-9-34)51(79)64-36(53(81)59-16-19-85-22-25-88-56-44(62-32(5)70)50(78)47(75)39(28-67)91-56)11-13-41(72)63-35(52(80)58-15-18-84-21-24-87-55-43(61-31(4)69)49(77)46(74)38(27-66)90-55)10-12-40(71)57-14-17-83-20-23-86-54-42(60-30(3)68)48(76)45(73)37(26-65)89-54/h29,31,33-39,42-50,54-56,61,65-67,69,73-78H,6-28H2,1-5H3,(H,57,71)(H,58,80)(H,59,81)(H,60,68)(H,62,70)(H,63,72)(H,64,79)(H,82,94). The highest BCUT2D eigenvalue weighted by Gasteiger charge is 2.48. The largest absolute Gasteiger partial charge is 0.394 e. The number of nitrogens with one attached hydrogen (secondary N) is 8. The molecule has 0 aromatic carbocycles. The fraction of sp³-hybridized carbons (Fsp3) is 0.875. The van der Waals surface area contributed by atoms with Crippen LogP contribution in [0.15, 0.2) is 0 Å². The van der Waals surface area contributed by atoms with Crippen molar-refractivity contribution < 1.29 is 137 Å². The van der Waals surface area contributed by atoms with Gasteiger partial charge in [-0.1, -0.05) is 13.8 Å². The summed E-state index contributed by atoms with van der Waals surface area (Å²) in [5.74, 6) is -4.86. The molecule has 1 aliphatic carbocycles. The molecule has 544 valence electrons. The second-order valence-electron chi connectivity index (χ2n) is 23.3. The van der Waals surface area contributed by atoms with Gasteiger partial charge in [0.2, 0.25) is 41.4 Å². The van der Waals surface area contributed by atoms with Crippen LogP contribution in [0.5, 0.6) is 0 Å². The maximum Gasteiger partial charge on any atom is 0.242 e. The summed E-state index contributed by atoms with van der Waals surface area (Å²) in [5.41, 5.74) is -0.281. The summed E-state index contributed by atoms with van der Waals surface area (Å²) in [6, 6.07) is -6.09. The Kier molecular flexibility index (Phi) is 37.5. The monoisotopic (exact) mass is 1400 g/mol. The van der Waals surface area contributed by atoms with Gasteiger partial charge in [0.15, 0.2) is 25.4 Å². The Morgan fingerprint density at radius 2 is 0.904 bits per heavy atom. The molecule has 4 aliphatic rings. The average molecular weight is 1400 g/mol. The number of aliphatic hydroxyl groups is 10. The van der Waals surface area contributed by atoms with E-state index in [-0.39, 0.29) is 110 Å². The maximum atomic E-state index is 13.9. The van der Waals surface area contributed by atoms with Gasteiger partial charge >= 0.3 is 0 Å². The van der Waals surface area contributed by atoms with Gasteiger partial charge in [-0.2, -0.15) is 0 Å². The van der Waals surface area contributed by atoms with Crippen LogP contribution in [0.25, 0.3) is 0 Å². The summed E-state index contributed by atoms with van der Waals surface area (Å²) < 4.78 is 56.3. The lowest BCUT2D eigenvalue weighted by Crippen LogP contribution is -2.65. The zero-order chi connectivity index (χ0) is 69.7. The molecule has 0 spiro atoms. The number of amides is 7. The third kappa shape index (κ3) is 27.8. The lowest BCUT2D eigenvalue weighted by molar-refractivity contribution is -0.275. The molecular weight excluding hydrogens is 1300 g/mol.